The van der Waals surface area contributed by atoms with Gasteiger partial charge in [-0.1, -0.05) is 5.21 Å². The number of hydrogen-bond acceptors (Lipinski definition) is 5. The summed E-state index contributed by atoms with van der Waals surface area (Å²) in [5.74, 6) is 0.438. The molecule has 0 aliphatic heterocycles. The van der Waals surface area contributed by atoms with Crippen molar-refractivity contribution in [1.82, 2.24) is 20.0 Å². The third-order valence-electron chi connectivity index (χ3n) is 2.38. The molecule has 0 spiro atoms. The molecule has 18 heavy (non-hydrogen) atoms. The van der Waals surface area contributed by atoms with E-state index in [4.69, 9.17) is 0 Å². The molecule has 7 heteroatoms. The normalized spacial score (nSPS) is 10.1. The van der Waals surface area contributed by atoms with Gasteiger partial charge in [0.1, 0.15) is 0 Å². The molecule has 0 saturated heterocycles. The molecule has 0 radical (unpaired) electrons. The first-order valence-corrected chi connectivity index (χ1v) is 5.44. The van der Waals surface area contributed by atoms with Crippen molar-refractivity contribution in [2.45, 2.75) is 6.92 Å². The molecule has 2 aromatic heterocycles. The van der Waals surface area contributed by atoms with Crippen LogP contribution in [-0.2, 0) is 4.74 Å². The number of amides is 1. The van der Waals surface area contributed by atoms with Gasteiger partial charge in [-0.25, -0.2) is 9.48 Å². The summed E-state index contributed by atoms with van der Waals surface area (Å²) < 4.78 is 6.22. The van der Waals surface area contributed by atoms with Crippen LogP contribution in [0, 0.1) is 0 Å². The minimum atomic E-state index is -0.462. The van der Waals surface area contributed by atoms with Gasteiger partial charge in [-0.05, 0) is 19.1 Å². The Hall–Kier alpha value is -2.44. The second kappa shape index (κ2) is 5.26. The molecule has 0 aliphatic rings. The maximum absolute atomic E-state index is 11.5. The van der Waals surface area contributed by atoms with Gasteiger partial charge in [0.2, 0.25) is 0 Å². The van der Waals surface area contributed by atoms with Crippen LogP contribution in [0.2, 0.25) is 0 Å². The van der Waals surface area contributed by atoms with Crippen molar-refractivity contribution in [3.05, 3.63) is 30.7 Å². The molecule has 2 aromatic rings. The minimum Gasteiger partial charge on any atom is -0.452 e. The molecular weight excluding hydrogens is 234 g/mol. The number of methoxy groups -OCH3 is 1. The molecule has 0 aromatic carbocycles. The Labute approximate surface area is 104 Å². The van der Waals surface area contributed by atoms with E-state index in [0.29, 0.717) is 12.4 Å². The summed E-state index contributed by atoms with van der Waals surface area (Å²) in [6.45, 7) is 2.29. The summed E-state index contributed by atoms with van der Waals surface area (Å²) in [5, 5.41) is 7.89. The van der Waals surface area contributed by atoms with Crippen molar-refractivity contribution < 1.29 is 9.53 Å². The second-order valence-corrected chi connectivity index (χ2v) is 3.45. The first-order valence-electron chi connectivity index (χ1n) is 5.44. The zero-order valence-electron chi connectivity index (χ0n) is 10.1. The third-order valence-corrected chi connectivity index (χ3v) is 2.38. The number of aromatic nitrogens is 4. The van der Waals surface area contributed by atoms with Gasteiger partial charge in [-0.2, -0.15) is 0 Å². The van der Waals surface area contributed by atoms with Crippen molar-refractivity contribution in [1.29, 1.82) is 0 Å². The molecule has 0 atom stereocenters. The van der Waals surface area contributed by atoms with Crippen LogP contribution in [0.4, 0.5) is 10.6 Å². The highest BCUT2D eigenvalue weighted by Crippen LogP contribution is 2.13. The number of carbonyl (C=O) groups excluding carboxylic acids is 1. The lowest BCUT2D eigenvalue weighted by Gasteiger charge is -2.14. The smallest absolute Gasteiger partial charge is 0.415 e. The van der Waals surface area contributed by atoms with Crippen LogP contribution in [0.25, 0.3) is 5.69 Å². The average Bonchev–Trinajstić information content (AvgIpc) is 2.90. The maximum Gasteiger partial charge on any atom is 0.415 e. The summed E-state index contributed by atoms with van der Waals surface area (Å²) in [5.41, 5.74) is 0.775. The van der Waals surface area contributed by atoms with Crippen molar-refractivity contribution in [3.63, 3.8) is 0 Å². The fraction of sp³-hybridized carbons (Fsp3) is 0.273. The van der Waals surface area contributed by atoms with Gasteiger partial charge < -0.3 is 4.74 Å². The SMILES string of the molecule is CCN(C(=O)OC)c1cn(-c2cccnc2)nn1. The summed E-state index contributed by atoms with van der Waals surface area (Å²) in [6, 6.07) is 3.65. The highest BCUT2D eigenvalue weighted by molar-refractivity contribution is 5.85. The summed E-state index contributed by atoms with van der Waals surface area (Å²) >= 11 is 0. The maximum atomic E-state index is 11.5. The van der Waals surface area contributed by atoms with Crippen LogP contribution < -0.4 is 4.90 Å². The number of nitrogens with zero attached hydrogens (tertiary/aromatic N) is 5. The number of anilines is 1. The Kier molecular flexibility index (Phi) is 3.52. The van der Waals surface area contributed by atoms with Gasteiger partial charge in [0.15, 0.2) is 5.82 Å². The minimum absolute atomic E-state index is 0.438. The van der Waals surface area contributed by atoms with Crippen molar-refractivity contribution in [3.8, 4) is 5.69 Å². The lowest BCUT2D eigenvalue weighted by atomic mass is 10.4. The molecule has 0 saturated carbocycles. The molecular formula is C11H13N5O2. The number of hydrogen-bond donors (Lipinski definition) is 0. The quantitative estimate of drug-likeness (QED) is 0.816. The van der Waals surface area contributed by atoms with Crippen LogP contribution in [0.5, 0.6) is 0 Å². The van der Waals surface area contributed by atoms with Crippen molar-refractivity contribution >= 4 is 11.9 Å². The molecule has 0 unspecified atom stereocenters. The standard InChI is InChI=1S/C11H13N5O2/c1-3-15(11(17)18-2)10-8-16(14-13-10)9-5-4-6-12-7-9/h4-8H,3H2,1-2H3. The number of carbonyl (C=O) groups is 1. The van der Waals surface area contributed by atoms with Gasteiger partial charge in [0.05, 0.1) is 25.2 Å². The fourth-order valence-corrected chi connectivity index (χ4v) is 1.49. The molecule has 7 nitrogen and oxygen atoms in total. The topological polar surface area (TPSA) is 73.1 Å². The highest BCUT2D eigenvalue weighted by Gasteiger charge is 2.17. The van der Waals surface area contributed by atoms with E-state index >= 15 is 0 Å². The van der Waals surface area contributed by atoms with E-state index < -0.39 is 6.09 Å². The largest absolute Gasteiger partial charge is 0.452 e. The van der Waals surface area contributed by atoms with Gasteiger partial charge in [-0.3, -0.25) is 9.88 Å². The lowest BCUT2D eigenvalue weighted by molar-refractivity contribution is 0.179. The molecule has 0 aliphatic carbocycles. The molecule has 94 valence electrons. The Morgan fingerprint density at radius 3 is 3.00 bits per heavy atom. The van der Waals surface area contributed by atoms with Gasteiger partial charge >= 0.3 is 6.09 Å². The Morgan fingerprint density at radius 2 is 2.39 bits per heavy atom. The van der Waals surface area contributed by atoms with E-state index in [-0.39, 0.29) is 0 Å². The van der Waals surface area contributed by atoms with E-state index in [1.807, 2.05) is 13.0 Å². The van der Waals surface area contributed by atoms with E-state index in [2.05, 4.69) is 20.0 Å². The predicted molar refractivity (Wildman–Crippen MR) is 64.6 cm³/mol. The Bertz CT molecular complexity index is 525. The molecule has 0 bridgehead atoms. The molecule has 0 fully saturated rings. The molecule has 1 amide bonds. The number of rotatable bonds is 3. The van der Waals surface area contributed by atoms with Gasteiger partial charge in [-0.15, -0.1) is 5.10 Å². The van der Waals surface area contributed by atoms with E-state index in [0.717, 1.165) is 5.69 Å². The van der Waals surface area contributed by atoms with Gasteiger partial charge in [0.25, 0.3) is 0 Å². The Morgan fingerprint density at radius 1 is 1.56 bits per heavy atom. The molecule has 0 N–H and O–H groups in total. The average molecular weight is 247 g/mol. The van der Waals surface area contributed by atoms with Crippen LogP contribution in [0.1, 0.15) is 6.92 Å². The second-order valence-electron chi connectivity index (χ2n) is 3.45. The summed E-state index contributed by atoms with van der Waals surface area (Å²) in [6.07, 6.45) is 4.52. The monoisotopic (exact) mass is 247 g/mol. The number of ether oxygens (including phenoxy) is 1. The lowest BCUT2D eigenvalue weighted by Crippen LogP contribution is -2.30. The third kappa shape index (κ3) is 2.29. The highest BCUT2D eigenvalue weighted by atomic mass is 16.5. The molecule has 2 heterocycles. The van der Waals surface area contributed by atoms with Gasteiger partial charge in [0, 0.05) is 12.7 Å². The zero-order valence-corrected chi connectivity index (χ0v) is 10.1. The first kappa shape index (κ1) is 12.0. The van der Waals surface area contributed by atoms with Crippen LogP contribution in [0.3, 0.4) is 0 Å². The summed E-state index contributed by atoms with van der Waals surface area (Å²) in [7, 11) is 1.33. The Balaban J connectivity index is 2.27. The molecule has 2 rings (SSSR count). The summed E-state index contributed by atoms with van der Waals surface area (Å²) in [4.78, 5) is 16.9. The van der Waals surface area contributed by atoms with E-state index in [9.17, 15) is 4.79 Å². The first-order chi connectivity index (χ1) is 8.76. The van der Waals surface area contributed by atoms with E-state index in [1.165, 1.54) is 12.0 Å². The fourth-order valence-electron chi connectivity index (χ4n) is 1.49. The van der Waals surface area contributed by atoms with Crippen LogP contribution in [0.15, 0.2) is 30.7 Å². The zero-order chi connectivity index (χ0) is 13.0. The predicted octanol–water partition coefficient (Wildman–Crippen LogP) is 1.25. The number of pyridine rings is 1. The van der Waals surface area contributed by atoms with Crippen LogP contribution >= 0.6 is 0 Å². The van der Waals surface area contributed by atoms with Crippen molar-refractivity contribution in [2.75, 3.05) is 18.6 Å². The van der Waals surface area contributed by atoms with E-state index in [1.54, 1.807) is 29.3 Å². The van der Waals surface area contributed by atoms with Crippen LogP contribution in [-0.4, -0.2) is 39.7 Å². The van der Waals surface area contributed by atoms with Crippen molar-refractivity contribution in [2.24, 2.45) is 0 Å².